The van der Waals surface area contributed by atoms with Crippen molar-refractivity contribution in [2.45, 2.75) is 39.2 Å². The molecular formula is C19H25NO4. The third-order valence-corrected chi connectivity index (χ3v) is 3.78. The van der Waals surface area contributed by atoms with E-state index in [4.69, 9.17) is 9.15 Å². The number of hydrogen-bond acceptors (Lipinski definition) is 4. The summed E-state index contributed by atoms with van der Waals surface area (Å²) in [6.07, 6.45) is 1.00. The van der Waals surface area contributed by atoms with E-state index in [0.29, 0.717) is 25.2 Å². The van der Waals surface area contributed by atoms with Gasteiger partial charge in [0.25, 0.3) is 0 Å². The Morgan fingerprint density at radius 2 is 1.96 bits per heavy atom. The fourth-order valence-electron chi connectivity index (χ4n) is 2.35. The molecular weight excluding hydrogens is 306 g/mol. The Labute approximate surface area is 142 Å². The molecule has 5 heteroatoms. The van der Waals surface area contributed by atoms with Gasteiger partial charge in [0.1, 0.15) is 22.9 Å². The number of aryl methyl sites for hydroxylation is 2. The number of rotatable bonds is 8. The van der Waals surface area contributed by atoms with Crippen LogP contribution in [0.4, 0.5) is 0 Å². The molecule has 130 valence electrons. The first-order valence-electron chi connectivity index (χ1n) is 8.18. The lowest BCUT2D eigenvalue weighted by atomic mass is 10.0. The minimum absolute atomic E-state index is 0.104. The molecule has 1 aromatic carbocycles. The van der Waals surface area contributed by atoms with Crippen LogP contribution < -0.4 is 10.1 Å². The Morgan fingerprint density at radius 1 is 1.25 bits per heavy atom. The maximum atomic E-state index is 12.0. The second kappa shape index (κ2) is 8.02. The van der Waals surface area contributed by atoms with Crippen molar-refractivity contribution in [3.8, 4) is 5.75 Å². The number of furan rings is 1. The van der Waals surface area contributed by atoms with Crippen LogP contribution in [0.2, 0.25) is 0 Å². The van der Waals surface area contributed by atoms with Gasteiger partial charge in [0, 0.05) is 6.42 Å². The summed E-state index contributed by atoms with van der Waals surface area (Å²) in [6, 6.07) is 11.2. The zero-order valence-corrected chi connectivity index (χ0v) is 14.5. The highest BCUT2D eigenvalue weighted by molar-refractivity contribution is 5.76. The van der Waals surface area contributed by atoms with Crippen molar-refractivity contribution in [1.29, 1.82) is 0 Å². The molecule has 0 saturated heterocycles. The molecule has 5 nitrogen and oxygen atoms in total. The second-order valence-electron chi connectivity index (χ2n) is 6.04. The monoisotopic (exact) mass is 331 g/mol. The van der Waals surface area contributed by atoms with Crippen LogP contribution in [0, 0.1) is 6.92 Å². The number of hydrogen-bond donors (Lipinski definition) is 2. The van der Waals surface area contributed by atoms with E-state index >= 15 is 0 Å². The third-order valence-electron chi connectivity index (χ3n) is 3.78. The maximum absolute atomic E-state index is 12.0. The number of aliphatic hydroxyl groups is 1. The number of amides is 1. The highest BCUT2D eigenvalue weighted by Gasteiger charge is 2.27. The van der Waals surface area contributed by atoms with Gasteiger partial charge < -0.3 is 19.6 Å². The van der Waals surface area contributed by atoms with Crippen LogP contribution in [0.15, 0.2) is 40.8 Å². The molecule has 1 unspecified atom stereocenters. The van der Waals surface area contributed by atoms with E-state index in [1.807, 2.05) is 38.1 Å². The number of carbonyl (C=O) groups is 1. The van der Waals surface area contributed by atoms with E-state index in [0.717, 1.165) is 17.1 Å². The number of carbonyl (C=O) groups excluding carboxylic acids is 1. The molecule has 0 saturated carbocycles. The van der Waals surface area contributed by atoms with Crippen molar-refractivity contribution < 1.29 is 19.1 Å². The average molecular weight is 331 g/mol. The topological polar surface area (TPSA) is 71.7 Å². The summed E-state index contributed by atoms with van der Waals surface area (Å²) in [6.45, 7) is 6.13. The van der Waals surface area contributed by atoms with E-state index < -0.39 is 5.60 Å². The van der Waals surface area contributed by atoms with Crippen molar-refractivity contribution in [3.63, 3.8) is 0 Å². The molecule has 0 fully saturated rings. The number of benzene rings is 1. The zero-order chi connectivity index (χ0) is 17.6. The van der Waals surface area contributed by atoms with Gasteiger partial charge in [-0.3, -0.25) is 4.79 Å². The van der Waals surface area contributed by atoms with Crippen LogP contribution in [0.5, 0.6) is 5.75 Å². The molecule has 0 bridgehead atoms. The van der Waals surface area contributed by atoms with E-state index in [-0.39, 0.29) is 12.5 Å². The van der Waals surface area contributed by atoms with Gasteiger partial charge in [0.2, 0.25) is 5.91 Å². The largest absolute Gasteiger partial charge is 0.494 e. The molecule has 1 atom stereocenters. The SMILES string of the molecule is CCOc1ccc(CCC(=O)NCC(C)(O)c2ccc(C)o2)cc1. The van der Waals surface area contributed by atoms with Gasteiger partial charge >= 0.3 is 0 Å². The van der Waals surface area contributed by atoms with Crippen LogP contribution in [0.3, 0.4) is 0 Å². The molecule has 1 amide bonds. The summed E-state index contributed by atoms with van der Waals surface area (Å²) in [5.74, 6) is 1.90. The second-order valence-corrected chi connectivity index (χ2v) is 6.04. The average Bonchev–Trinajstić information content (AvgIpc) is 3.00. The van der Waals surface area contributed by atoms with Crippen LogP contribution in [0.25, 0.3) is 0 Å². The lowest BCUT2D eigenvalue weighted by Crippen LogP contribution is -2.38. The van der Waals surface area contributed by atoms with Gasteiger partial charge in [-0.25, -0.2) is 0 Å². The molecule has 2 rings (SSSR count). The van der Waals surface area contributed by atoms with Crippen molar-refractivity contribution >= 4 is 5.91 Å². The van der Waals surface area contributed by atoms with E-state index in [2.05, 4.69) is 5.32 Å². The summed E-state index contributed by atoms with van der Waals surface area (Å²) in [5, 5.41) is 13.2. The minimum atomic E-state index is -1.22. The fraction of sp³-hybridized carbons (Fsp3) is 0.421. The van der Waals surface area contributed by atoms with Gasteiger partial charge in [0.05, 0.1) is 13.2 Å². The third kappa shape index (κ3) is 5.13. The Kier molecular flexibility index (Phi) is 6.04. The Hall–Kier alpha value is -2.27. The van der Waals surface area contributed by atoms with Gasteiger partial charge in [0.15, 0.2) is 0 Å². The van der Waals surface area contributed by atoms with Crippen LogP contribution >= 0.6 is 0 Å². The maximum Gasteiger partial charge on any atom is 0.220 e. The van der Waals surface area contributed by atoms with Crippen molar-refractivity contribution in [1.82, 2.24) is 5.32 Å². The molecule has 0 aliphatic rings. The summed E-state index contributed by atoms with van der Waals surface area (Å²) in [7, 11) is 0. The van der Waals surface area contributed by atoms with Gasteiger partial charge in [-0.1, -0.05) is 12.1 Å². The first-order valence-corrected chi connectivity index (χ1v) is 8.18. The molecule has 0 aliphatic heterocycles. The first-order chi connectivity index (χ1) is 11.4. The summed E-state index contributed by atoms with van der Waals surface area (Å²) >= 11 is 0. The zero-order valence-electron chi connectivity index (χ0n) is 14.5. The van der Waals surface area contributed by atoms with E-state index in [9.17, 15) is 9.90 Å². The van der Waals surface area contributed by atoms with Crippen molar-refractivity contribution in [2.75, 3.05) is 13.2 Å². The summed E-state index contributed by atoms with van der Waals surface area (Å²) in [5.41, 5.74) is -0.148. The predicted molar refractivity (Wildman–Crippen MR) is 92.0 cm³/mol. The highest BCUT2D eigenvalue weighted by atomic mass is 16.5. The number of nitrogens with one attached hydrogen (secondary N) is 1. The molecule has 2 N–H and O–H groups in total. The molecule has 1 aromatic heterocycles. The lowest BCUT2D eigenvalue weighted by molar-refractivity contribution is -0.122. The minimum Gasteiger partial charge on any atom is -0.494 e. The Morgan fingerprint density at radius 3 is 2.54 bits per heavy atom. The summed E-state index contributed by atoms with van der Waals surface area (Å²) < 4.78 is 10.8. The Bertz CT molecular complexity index is 658. The molecule has 24 heavy (non-hydrogen) atoms. The van der Waals surface area contributed by atoms with Crippen LogP contribution in [0.1, 0.15) is 37.4 Å². The molecule has 2 aromatic rings. The van der Waals surface area contributed by atoms with Crippen molar-refractivity contribution in [3.05, 3.63) is 53.5 Å². The van der Waals surface area contributed by atoms with Crippen molar-refractivity contribution in [2.24, 2.45) is 0 Å². The Balaban J connectivity index is 1.78. The fourth-order valence-corrected chi connectivity index (χ4v) is 2.35. The quantitative estimate of drug-likeness (QED) is 0.780. The first kappa shape index (κ1) is 18.1. The smallest absolute Gasteiger partial charge is 0.220 e. The molecule has 0 spiro atoms. The van der Waals surface area contributed by atoms with E-state index in [1.165, 1.54) is 0 Å². The molecule has 1 heterocycles. The predicted octanol–water partition coefficient (Wildman–Crippen LogP) is 2.94. The molecule has 0 radical (unpaired) electrons. The molecule has 0 aliphatic carbocycles. The lowest BCUT2D eigenvalue weighted by Gasteiger charge is -2.21. The highest BCUT2D eigenvalue weighted by Crippen LogP contribution is 2.22. The number of ether oxygens (including phenoxy) is 1. The van der Waals surface area contributed by atoms with Crippen LogP contribution in [-0.4, -0.2) is 24.2 Å². The normalized spacial score (nSPS) is 13.3. The van der Waals surface area contributed by atoms with Gasteiger partial charge in [-0.05, 0) is 57.0 Å². The summed E-state index contributed by atoms with van der Waals surface area (Å²) in [4.78, 5) is 12.0. The van der Waals surface area contributed by atoms with Gasteiger partial charge in [-0.2, -0.15) is 0 Å². The van der Waals surface area contributed by atoms with Gasteiger partial charge in [-0.15, -0.1) is 0 Å². The standard InChI is InChI=1S/C19H25NO4/c1-4-23-16-9-6-15(7-10-16)8-12-18(21)20-13-19(3,22)17-11-5-14(2)24-17/h5-7,9-11,22H,4,8,12-13H2,1-3H3,(H,20,21). The van der Waals surface area contributed by atoms with Crippen LogP contribution in [-0.2, 0) is 16.8 Å². The van der Waals surface area contributed by atoms with E-state index in [1.54, 1.807) is 19.1 Å².